The van der Waals surface area contributed by atoms with Crippen LogP contribution in [0.4, 0.5) is 0 Å². The molecule has 0 saturated heterocycles. The Bertz CT molecular complexity index is 374. The molecule has 0 amide bonds. The second-order valence-corrected chi connectivity index (χ2v) is 4.35. The molecule has 0 aliphatic rings. The maximum atomic E-state index is 10.7. The van der Waals surface area contributed by atoms with E-state index >= 15 is 0 Å². The van der Waals surface area contributed by atoms with Gasteiger partial charge in [0.05, 0.1) is 12.1 Å². The molecule has 1 rings (SSSR count). The molecular weight excluding hydrogens is 222 g/mol. The molecule has 0 spiro atoms. The maximum Gasteiger partial charge on any atom is 0.338 e. The molecule has 0 aromatic carbocycles. The van der Waals surface area contributed by atoms with E-state index in [1.807, 2.05) is 13.8 Å². The second kappa shape index (κ2) is 5.84. The number of furan rings is 1. The van der Waals surface area contributed by atoms with Gasteiger partial charge in [0.2, 0.25) is 0 Å². The summed E-state index contributed by atoms with van der Waals surface area (Å²) < 4.78 is 5.14. The number of nitrogens with one attached hydrogen (secondary N) is 1. The van der Waals surface area contributed by atoms with Gasteiger partial charge in [0.15, 0.2) is 0 Å². The van der Waals surface area contributed by atoms with E-state index in [9.17, 15) is 4.79 Å². The van der Waals surface area contributed by atoms with E-state index in [1.54, 1.807) is 0 Å². The van der Waals surface area contributed by atoms with Gasteiger partial charge in [-0.3, -0.25) is 0 Å². The summed E-state index contributed by atoms with van der Waals surface area (Å²) in [6, 6.07) is 1.50. The first-order valence-electron chi connectivity index (χ1n) is 5.67. The number of carboxylic acids is 1. The van der Waals surface area contributed by atoms with Crippen LogP contribution in [0.25, 0.3) is 0 Å². The quantitative estimate of drug-likeness (QED) is 0.675. The van der Waals surface area contributed by atoms with Gasteiger partial charge in [-0.2, -0.15) is 0 Å². The topological polar surface area (TPSA) is 82.7 Å². The Labute approximate surface area is 100 Å². The fourth-order valence-corrected chi connectivity index (χ4v) is 1.52. The van der Waals surface area contributed by atoms with E-state index in [2.05, 4.69) is 5.32 Å². The molecule has 0 bridgehead atoms. The Balaban J connectivity index is 2.56. The van der Waals surface area contributed by atoms with Crippen molar-refractivity contribution in [1.29, 1.82) is 0 Å². The zero-order valence-electron chi connectivity index (χ0n) is 10.2. The molecule has 0 aliphatic heterocycles. The van der Waals surface area contributed by atoms with Gasteiger partial charge in [-0.15, -0.1) is 0 Å². The number of carboxylic acid groups (broad SMARTS) is 1. The van der Waals surface area contributed by atoms with Crippen molar-refractivity contribution in [2.75, 3.05) is 6.61 Å². The Morgan fingerprint density at radius 1 is 1.59 bits per heavy atom. The number of rotatable bonds is 7. The second-order valence-electron chi connectivity index (χ2n) is 4.35. The van der Waals surface area contributed by atoms with E-state index in [1.165, 1.54) is 12.3 Å². The molecule has 17 heavy (non-hydrogen) atoms. The van der Waals surface area contributed by atoms with Crippen LogP contribution in [0.3, 0.4) is 0 Å². The Hall–Kier alpha value is -1.33. The number of hydrogen-bond acceptors (Lipinski definition) is 4. The van der Waals surface area contributed by atoms with E-state index in [0.717, 1.165) is 6.42 Å². The zero-order valence-corrected chi connectivity index (χ0v) is 10.2. The van der Waals surface area contributed by atoms with Gasteiger partial charge in [0.25, 0.3) is 0 Å². The van der Waals surface area contributed by atoms with Crippen LogP contribution in [0.15, 0.2) is 16.7 Å². The predicted octanol–water partition coefficient (Wildman–Crippen LogP) is 1.62. The van der Waals surface area contributed by atoms with E-state index in [4.69, 9.17) is 14.6 Å². The lowest BCUT2D eigenvalue weighted by Gasteiger charge is -2.28. The summed E-state index contributed by atoms with van der Waals surface area (Å²) in [5.41, 5.74) is -0.00700. The molecule has 5 heteroatoms. The first kappa shape index (κ1) is 13.7. The molecular formula is C12H19NO4. The van der Waals surface area contributed by atoms with Crippen LogP contribution in [-0.4, -0.2) is 28.3 Å². The smallest absolute Gasteiger partial charge is 0.338 e. The molecule has 1 aromatic rings. The van der Waals surface area contributed by atoms with Crippen LogP contribution in [-0.2, 0) is 6.54 Å². The van der Waals surface area contributed by atoms with Crippen molar-refractivity contribution >= 4 is 5.97 Å². The van der Waals surface area contributed by atoms with E-state index < -0.39 is 5.97 Å². The van der Waals surface area contributed by atoms with Crippen molar-refractivity contribution in [2.24, 2.45) is 0 Å². The zero-order chi connectivity index (χ0) is 12.9. The molecule has 0 radical (unpaired) electrons. The molecule has 1 atom stereocenters. The molecule has 5 nitrogen and oxygen atoms in total. The summed E-state index contributed by atoms with van der Waals surface area (Å²) in [6.07, 6.45) is 2.75. The van der Waals surface area contributed by atoms with Crippen molar-refractivity contribution in [3.63, 3.8) is 0 Å². The van der Waals surface area contributed by atoms with Crippen LogP contribution in [0.1, 0.15) is 42.8 Å². The number of carbonyl (C=O) groups is 1. The van der Waals surface area contributed by atoms with Crippen LogP contribution in [0, 0.1) is 0 Å². The van der Waals surface area contributed by atoms with Gasteiger partial charge in [-0.05, 0) is 25.8 Å². The summed E-state index contributed by atoms with van der Waals surface area (Å²) in [4.78, 5) is 10.7. The molecule has 0 aliphatic carbocycles. The summed E-state index contributed by atoms with van der Waals surface area (Å²) >= 11 is 0. The van der Waals surface area contributed by atoms with E-state index in [0.29, 0.717) is 18.7 Å². The summed E-state index contributed by atoms with van der Waals surface area (Å²) in [6.45, 7) is 4.63. The third kappa shape index (κ3) is 3.87. The minimum Gasteiger partial charge on any atom is -0.478 e. The molecule has 96 valence electrons. The Kier molecular flexibility index (Phi) is 4.72. The number of aliphatic hydroxyl groups is 1. The molecule has 1 unspecified atom stereocenters. The van der Waals surface area contributed by atoms with Crippen LogP contribution in [0.5, 0.6) is 0 Å². The van der Waals surface area contributed by atoms with Crippen LogP contribution in [0.2, 0.25) is 0 Å². The first-order valence-corrected chi connectivity index (χ1v) is 5.67. The average molecular weight is 241 g/mol. The molecule has 0 saturated carbocycles. The van der Waals surface area contributed by atoms with Crippen molar-refractivity contribution in [2.45, 2.75) is 38.8 Å². The van der Waals surface area contributed by atoms with Crippen molar-refractivity contribution < 1.29 is 19.4 Å². The average Bonchev–Trinajstić information content (AvgIpc) is 2.76. The van der Waals surface area contributed by atoms with Gasteiger partial charge < -0.3 is 19.9 Å². The Morgan fingerprint density at radius 3 is 2.76 bits per heavy atom. The third-order valence-corrected chi connectivity index (χ3v) is 3.03. The number of hydrogen-bond donors (Lipinski definition) is 3. The normalized spacial score (nSPS) is 14.5. The lowest BCUT2D eigenvalue weighted by atomic mass is 9.95. The van der Waals surface area contributed by atoms with Crippen molar-refractivity contribution in [3.05, 3.63) is 23.7 Å². The lowest BCUT2D eigenvalue weighted by Crippen LogP contribution is -2.41. The minimum atomic E-state index is -0.992. The summed E-state index contributed by atoms with van der Waals surface area (Å²) in [5.74, 6) is -0.409. The Morgan fingerprint density at radius 2 is 2.29 bits per heavy atom. The van der Waals surface area contributed by atoms with Crippen molar-refractivity contribution in [3.8, 4) is 0 Å². The van der Waals surface area contributed by atoms with Gasteiger partial charge in [-0.25, -0.2) is 4.79 Å². The predicted molar refractivity (Wildman–Crippen MR) is 62.9 cm³/mol. The molecule has 1 heterocycles. The highest BCUT2D eigenvalue weighted by Gasteiger charge is 2.21. The van der Waals surface area contributed by atoms with E-state index in [-0.39, 0.29) is 17.7 Å². The molecule has 3 N–H and O–H groups in total. The fourth-order valence-electron chi connectivity index (χ4n) is 1.52. The molecule has 1 aromatic heterocycles. The fraction of sp³-hybridized carbons (Fsp3) is 0.583. The van der Waals surface area contributed by atoms with Gasteiger partial charge in [-0.1, -0.05) is 6.92 Å². The highest BCUT2D eigenvalue weighted by molar-refractivity contribution is 5.87. The highest BCUT2D eigenvalue weighted by Crippen LogP contribution is 2.16. The number of aliphatic hydroxyl groups excluding tert-OH is 1. The van der Waals surface area contributed by atoms with Crippen LogP contribution < -0.4 is 5.32 Å². The minimum absolute atomic E-state index is 0.121. The lowest BCUT2D eigenvalue weighted by molar-refractivity contribution is 0.0696. The highest BCUT2D eigenvalue weighted by atomic mass is 16.4. The standard InChI is InChI=1S/C12H19NO4/c1-3-12(2,4-5-14)13-7-10-6-9(8-17-10)11(15)16/h6,8,13-14H,3-5,7H2,1-2H3,(H,15,16). The summed E-state index contributed by atoms with van der Waals surface area (Å²) in [7, 11) is 0. The van der Waals surface area contributed by atoms with Gasteiger partial charge >= 0.3 is 5.97 Å². The molecule has 0 fully saturated rings. The maximum absolute atomic E-state index is 10.7. The number of aromatic carboxylic acids is 1. The van der Waals surface area contributed by atoms with Gasteiger partial charge in [0.1, 0.15) is 12.0 Å². The SMILES string of the molecule is CCC(C)(CCO)NCc1cc(C(=O)O)co1. The first-order chi connectivity index (χ1) is 8.00. The monoisotopic (exact) mass is 241 g/mol. The largest absolute Gasteiger partial charge is 0.478 e. The van der Waals surface area contributed by atoms with Gasteiger partial charge in [0, 0.05) is 12.1 Å². The third-order valence-electron chi connectivity index (χ3n) is 3.03. The van der Waals surface area contributed by atoms with Crippen molar-refractivity contribution in [1.82, 2.24) is 5.32 Å². The van der Waals surface area contributed by atoms with Crippen LogP contribution >= 0.6 is 0 Å². The summed E-state index contributed by atoms with van der Waals surface area (Å²) in [5, 5.41) is 21.0.